The van der Waals surface area contributed by atoms with E-state index in [0.717, 1.165) is 55.0 Å². The van der Waals surface area contributed by atoms with Gasteiger partial charge in [-0.1, -0.05) is 0 Å². The summed E-state index contributed by atoms with van der Waals surface area (Å²) in [6.07, 6.45) is 3.57. The molecule has 9 nitrogen and oxygen atoms in total. The molecule has 0 aromatic carbocycles. The number of ether oxygens (including phenoxy) is 1. The van der Waals surface area contributed by atoms with Crippen LogP contribution in [0.1, 0.15) is 40.2 Å². The van der Waals surface area contributed by atoms with Gasteiger partial charge in [-0.15, -0.1) is 0 Å². The standard InChI is InChI=1S/C22H32N6O3/c1-14-12-23-18(15(2)20(14)31-6)13-28-9-7-16(8-10-28)27(5)21(30)17-11-19(29)25-22(24-17)26(3)4/h11-12,16H,7-10,13H2,1-6H3,(H,24,25,29). The SMILES string of the molecule is COc1c(C)cnc(CN2CCC(N(C)C(=O)c3cc(=O)[nH]c(N(C)C)n3)CC2)c1C. The largest absolute Gasteiger partial charge is 0.496 e. The van der Waals surface area contributed by atoms with Crippen LogP contribution in [0.4, 0.5) is 5.95 Å². The van der Waals surface area contributed by atoms with Gasteiger partial charge in [0.15, 0.2) is 0 Å². The molecule has 3 rings (SSSR count). The van der Waals surface area contributed by atoms with Gasteiger partial charge in [-0.25, -0.2) is 4.98 Å². The topological polar surface area (TPSA) is 94.7 Å². The third-order valence-corrected chi connectivity index (χ3v) is 5.92. The van der Waals surface area contributed by atoms with E-state index in [-0.39, 0.29) is 23.2 Å². The van der Waals surface area contributed by atoms with Gasteiger partial charge >= 0.3 is 0 Å². The van der Waals surface area contributed by atoms with Gasteiger partial charge in [-0.05, 0) is 26.7 Å². The molecule has 0 radical (unpaired) electrons. The van der Waals surface area contributed by atoms with Gasteiger partial charge in [0, 0.05) is 70.2 Å². The number of aromatic amines is 1. The van der Waals surface area contributed by atoms with Crippen LogP contribution in [-0.4, -0.2) is 78.0 Å². The Morgan fingerprint density at radius 2 is 1.94 bits per heavy atom. The highest BCUT2D eigenvalue weighted by atomic mass is 16.5. The van der Waals surface area contributed by atoms with Crippen molar-refractivity contribution in [1.29, 1.82) is 0 Å². The van der Waals surface area contributed by atoms with E-state index >= 15 is 0 Å². The quantitative estimate of drug-likeness (QED) is 0.747. The van der Waals surface area contributed by atoms with E-state index < -0.39 is 0 Å². The second-order valence-electron chi connectivity index (χ2n) is 8.32. The number of nitrogens with one attached hydrogen (secondary N) is 1. The molecule has 0 spiro atoms. The first-order chi connectivity index (χ1) is 14.7. The zero-order valence-electron chi connectivity index (χ0n) is 19.2. The molecule has 0 atom stereocenters. The van der Waals surface area contributed by atoms with Crippen LogP contribution in [-0.2, 0) is 6.54 Å². The van der Waals surface area contributed by atoms with Crippen LogP contribution >= 0.6 is 0 Å². The normalized spacial score (nSPS) is 15.0. The fraction of sp³-hybridized carbons (Fsp3) is 0.545. The van der Waals surface area contributed by atoms with E-state index in [1.54, 1.807) is 38.1 Å². The number of methoxy groups -OCH3 is 1. The third kappa shape index (κ3) is 5.04. The molecule has 2 aromatic heterocycles. The molecular weight excluding hydrogens is 396 g/mol. The fourth-order valence-corrected chi connectivity index (χ4v) is 4.02. The first-order valence-electron chi connectivity index (χ1n) is 10.5. The van der Waals surface area contributed by atoms with Crippen LogP contribution in [0.15, 0.2) is 17.1 Å². The minimum atomic E-state index is -0.332. The average molecular weight is 429 g/mol. The fourth-order valence-electron chi connectivity index (χ4n) is 4.02. The molecule has 1 fully saturated rings. The van der Waals surface area contributed by atoms with E-state index in [0.29, 0.717) is 5.95 Å². The maximum absolute atomic E-state index is 12.9. The first kappa shape index (κ1) is 22.7. The first-order valence-corrected chi connectivity index (χ1v) is 10.5. The highest BCUT2D eigenvalue weighted by molar-refractivity contribution is 5.92. The molecule has 1 N–H and O–H groups in total. The summed E-state index contributed by atoms with van der Waals surface area (Å²) in [6.45, 7) is 6.53. The molecule has 1 aliphatic rings. The van der Waals surface area contributed by atoms with E-state index in [2.05, 4.69) is 19.9 Å². The highest BCUT2D eigenvalue weighted by Crippen LogP contribution is 2.26. The van der Waals surface area contributed by atoms with Gasteiger partial charge in [-0.2, -0.15) is 0 Å². The van der Waals surface area contributed by atoms with Crippen LogP contribution < -0.4 is 15.2 Å². The summed E-state index contributed by atoms with van der Waals surface area (Å²) in [6, 6.07) is 1.37. The van der Waals surface area contributed by atoms with Crippen molar-refractivity contribution in [3.63, 3.8) is 0 Å². The van der Waals surface area contributed by atoms with Gasteiger partial charge in [0.1, 0.15) is 11.4 Å². The molecule has 9 heteroatoms. The number of likely N-dealkylation sites (tertiary alicyclic amines) is 1. The predicted octanol–water partition coefficient (Wildman–Crippen LogP) is 1.59. The van der Waals surface area contributed by atoms with Crippen molar-refractivity contribution in [2.45, 2.75) is 39.3 Å². The van der Waals surface area contributed by atoms with Crippen LogP contribution in [0.5, 0.6) is 5.75 Å². The number of piperidine rings is 1. The van der Waals surface area contributed by atoms with Crippen LogP contribution in [0.25, 0.3) is 0 Å². The lowest BCUT2D eigenvalue weighted by Gasteiger charge is -2.36. The van der Waals surface area contributed by atoms with Crippen molar-refractivity contribution in [3.8, 4) is 5.75 Å². The molecule has 0 saturated carbocycles. The molecule has 3 heterocycles. The van der Waals surface area contributed by atoms with Crippen LogP contribution in [0.2, 0.25) is 0 Å². The molecule has 0 bridgehead atoms. The zero-order chi connectivity index (χ0) is 22.7. The molecule has 31 heavy (non-hydrogen) atoms. The monoisotopic (exact) mass is 428 g/mol. The zero-order valence-corrected chi connectivity index (χ0v) is 19.2. The number of anilines is 1. The Morgan fingerprint density at radius 1 is 1.26 bits per heavy atom. The van der Waals surface area contributed by atoms with Crippen molar-refractivity contribution in [2.75, 3.05) is 46.2 Å². The third-order valence-electron chi connectivity index (χ3n) is 5.92. The van der Waals surface area contributed by atoms with Crippen molar-refractivity contribution in [3.05, 3.63) is 45.1 Å². The molecule has 1 saturated heterocycles. The van der Waals surface area contributed by atoms with Gasteiger partial charge in [0.25, 0.3) is 11.5 Å². The Labute approximate surface area is 183 Å². The summed E-state index contributed by atoms with van der Waals surface area (Å²) in [5.41, 5.74) is 2.97. The minimum absolute atomic E-state index is 0.106. The minimum Gasteiger partial charge on any atom is -0.496 e. The Kier molecular flexibility index (Phi) is 6.94. The number of aryl methyl sites for hydroxylation is 1. The van der Waals surface area contributed by atoms with Gasteiger partial charge in [0.2, 0.25) is 5.95 Å². The van der Waals surface area contributed by atoms with E-state index in [1.807, 2.05) is 20.0 Å². The van der Waals surface area contributed by atoms with Crippen LogP contribution in [0, 0.1) is 13.8 Å². The van der Waals surface area contributed by atoms with Crippen molar-refractivity contribution < 1.29 is 9.53 Å². The van der Waals surface area contributed by atoms with E-state index in [9.17, 15) is 9.59 Å². The molecule has 1 amide bonds. The lowest BCUT2D eigenvalue weighted by Crippen LogP contribution is -2.45. The number of aromatic nitrogens is 3. The van der Waals surface area contributed by atoms with Crippen LogP contribution in [0.3, 0.4) is 0 Å². The number of H-pyrrole nitrogens is 1. The van der Waals surface area contributed by atoms with Gasteiger partial charge < -0.3 is 14.5 Å². The molecule has 1 aliphatic heterocycles. The smallest absolute Gasteiger partial charge is 0.272 e. The summed E-state index contributed by atoms with van der Waals surface area (Å²) >= 11 is 0. The summed E-state index contributed by atoms with van der Waals surface area (Å²) in [5.74, 6) is 1.04. The summed E-state index contributed by atoms with van der Waals surface area (Å²) in [5, 5.41) is 0. The Bertz CT molecular complexity index is 995. The maximum Gasteiger partial charge on any atom is 0.272 e. The summed E-state index contributed by atoms with van der Waals surface area (Å²) in [4.78, 5) is 42.1. The Balaban J connectivity index is 1.63. The number of nitrogens with zero attached hydrogens (tertiary/aromatic N) is 5. The number of hydrogen-bond donors (Lipinski definition) is 1. The molecule has 2 aromatic rings. The summed E-state index contributed by atoms with van der Waals surface area (Å²) in [7, 11) is 7.02. The van der Waals surface area contributed by atoms with Gasteiger partial charge in [-0.3, -0.25) is 24.5 Å². The number of hydrogen-bond acceptors (Lipinski definition) is 7. The molecular formula is C22H32N6O3. The predicted molar refractivity (Wildman–Crippen MR) is 120 cm³/mol. The molecule has 168 valence electrons. The lowest BCUT2D eigenvalue weighted by atomic mass is 10.0. The van der Waals surface area contributed by atoms with Gasteiger partial charge in [0.05, 0.1) is 12.8 Å². The number of rotatable bonds is 6. The lowest BCUT2D eigenvalue weighted by molar-refractivity contribution is 0.0629. The van der Waals surface area contributed by atoms with E-state index in [4.69, 9.17) is 4.74 Å². The Morgan fingerprint density at radius 3 is 2.55 bits per heavy atom. The second kappa shape index (κ2) is 9.47. The molecule has 0 aliphatic carbocycles. The highest BCUT2D eigenvalue weighted by Gasteiger charge is 2.27. The van der Waals surface area contributed by atoms with Crippen molar-refractivity contribution >= 4 is 11.9 Å². The average Bonchev–Trinajstić information content (AvgIpc) is 2.75. The molecule has 0 unspecified atom stereocenters. The van der Waals surface area contributed by atoms with E-state index in [1.165, 1.54) is 6.07 Å². The summed E-state index contributed by atoms with van der Waals surface area (Å²) < 4.78 is 5.52. The Hall–Kier alpha value is -2.94. The second-order valence-corrected chi connectivity index (χ2v) is 8.32. The van der Waals surface area contributed by atoms with Crippen molar-refractivity contribution in [1.82, 2.24) is 24.8 Å². The maximum atomic E-state index is 12.9. The van der Waals surface area contributed by atoms with Crippen molar-refractivity contribution in [2.24, 2.45) is 0 Å². The number of carbonyl (C=O) groups excluding carboxylic acids is 1. The number of amides is 1. The number of pyridine rings is 1. The number of carbonyl (C=O) groups is 1.